The van der Waals surface area contributed by atoms with E-state index in [0.29, 0.717) is 11.8 Å². The van der Waals surface area contributed by atoms with Crippen LogP contribution in [0, 0.1) is 12.8 Å². The molecule has 1 heterocycles. The average molecular weight is 633 g/mol. The summed E-state index contributed by atoms with van der Waals surface area (Å²) in [6, 6.07) is 29.1. The van der Waals surface area contributed by atoms with Crippen LogP contribution < -0.4 is 13.6 Å². The number of hydrogen-bond acceptors (Lipinski definition) is 0. The first-order chi connectivity index (χ1) is 18.2. The molecule has 0 aromatic heterocycles. The third-order valence-corrected chi connectivity index (χ3v) is 22.8. The summed E-state index contributed by atoms with van der Waals surface area (Å²) in [4.78, 5) is 0. The number of aryl methyl sites for hydroxylation is 1. The molecule has 0 spiro atoms. The Bertz CT molecular complexity index is 1600. The molecule has 4 aromatic rings. The number of halogens is 2. The van der Waals surface area contributed by atoms with E-state index in [1.165, 1.54) is 63.7 Å². The van der Waals surface area contributed by atoms with Gasteiger partial charge in [0.05, 0.1) is 0 Å². The first kappa shape index (κ1) is 26.5. The molecule has 0 N–H and O–H groups in total. The van der Waals surface area contributed by atoms with Crippen LogP contribution in [-0.4, -0.2) is 9.52 Å². The molecule has 0 bridgehead atoms. The summed E-state index contributed by atoms with van der Waals surface area (Å²) in [7, 11) is 15.1. The van der Waals surface area contributed by atoms with Gasteiger partial charge in [-0.3, -0.25) is 0 Å². The summed E-state index contributed by atoms with van der Waals surface area (Å²) in [5.41, 5.74) is 12.2. The average Bonchev–Trinajstić information content (AvgIpc) is 3.48. The van der Waals surface area contributed by atoms with Gasteiger partial charge in [0, 0.05) is 0 Å². The molecule has 1 atom stereocenters. The fraction of sp³-hybridized carbons (Fsp3) is 0.235. The topological polar surface area (TPSA) is 0 Å². The molecule has 38 heavy (non-hydrogen) atoms. The molecule has 0 saturated carbocycles. The maximum absolute atomic E-state index is 7.84. The zero-order valence-electron chi connectivity index (χ0n) is 22.8. The predicted octanol–water partition coefficient (Wildman–Crippen LogP) is 7.77. The van der Waals surface area contributed by atoms with Crippen molar-refractivity contribution in [1.29, 1.82) is 0 Å². The van der Waals surface area contributed by atoms with E-state index in [-0.39, 0.29) is 3.63 Å². The van der Waals surface area contributed by atoms with E-state index in [2.05, 4.69) is 120 Å². The molecule has 1 unspecified atom stereocenters. The van der Waals surface area contributed by atoms with Gasteiger partial charge >= 0.3 is 243 Å². The summed E-state index contributed by atoms with van der Waals surface area (Å²) in [6.07, 6.45) is 2.45. The number of fused-ring (bicyclic) bond motifs is 4. The second-order valence-corrected chi connectivity index (χ2v) is 27.3. The van der Waals surface area contributed by atoms with Gasteiger partial charge in [-0.05, 0) is 0 Å². The van der Waals surface area contributed by atoms with E-state index in [1.54, 1.807) is 0 Å². The molecule has 2 aliphatic rings. The first-order valence-corrected chi connectivity index (χ1v) is 24.1. The Morgan fingerprint density at radius 1 is 0.737 bits per heavy atom. The molecule has 0 radical (unpaired) electrons. The van der Waals surface area contributed by atoms with Crippen LogP contribution in [0.5, 0.6) is 0 Å². The second-order valence-electron chi connectivity index (χ2n) is 11.5. The van der Waals surface area contributed by atoms with Crippen LogP contribution in [0.25, 0.3) is 28.3 Å². The van der Waals surface area contributed by atoms with Crippen LogP contribution >= 0.6 is 17.0 Å². The minimum absolute atomic E-state index is 0.109. The van der Waals surface area contributed by atoms with Crippen LogP contribution in [0.15, 0.2) is 84.4 Å². The van der Waals surface area contributed by atoms with Gasteiger partial charge in [0.25, 0.3) is 0 Å². The van der Waals surface area contributed by atoms with Crippen molar-refractivity contribution >= 4 is 46.3 Å². The van der Waals surface area contributed by atoms with Crippen molar-refractivity contribution < 1.29 is 17.9 Å². The quantitative estimate of drug-likeness (QED) is 0.174. The number of rotatable bonds is 5. The molecule has 0 nitrogen and oxygen atoms in total. The van der Waals surface area contributed by atoms with Crippen molar-refractivity contribution in [3.8, 4) is 22.3 Å². The van der Waals surface area contributed by atoms with Gasteiger partial charge in [0.2, 0.25) is 0 Å². The molecule has 0 saturated heterocycles. The molecular weight excluding hydrogens is 599 g/mol. The first-order valence-electron chi connectivity index (χ1n) is 13.7. The molecule has 0 fully saturated rings. The summed E-state index contributed by atoms with van der Waals surface area (Å²) in [5, 5.41) is 3.00. The third-order valence-electron chi connectivity index (χ3n) is 8.53. The molecule has 0 amide bonds. The van der Waals surface area contributed by atoms with Crippen molar-refractivity contribution in [1.82, 2.24) is 0 Å². The van der Waals surface area contributed by atoms with Crippen LogP contribution in [0.4, 0.5) is 0 Å². The second kappa shape index (κ2) is 10.0. The Balaban J connectivity index is 1.55. The monoisotopic (exact) mass is 630 g/mol. The molecular formula is C34H34Cl2SiZr. The van der Waals surface area contributed by atoms with Crippen molar-refractivity contribution in [3.05, 3.63) is 107 Å². The van der Waals surface area contributed by atoms with Gasteiger partial charge < -0.3 is 0 Å². The van der Waals surface area contributed by atoms with Gasteiger partial charge in [0.15, 0.2) is 0 Å². The van der Waals surface area contributed by atoms with Crippen LogP contribution in [-0.2, 0) is 17.9 Å². The van der Waals surface area contributed by atoms with Gasteiger partial charge in [0.1, 0.15) is 0 Å². The minimum atomic E-state index is -3.97. The molecule has 6 rings (SSSR count). The van der Waals surface area contributed by atoms with E-state index in [1.807, 2.05) is 0 Å². The Morgan fingerprint density at radius 3 is 2.16 bits per heavy atom. The Labute approximate surface area is 241 Å². The zero-order valence-corrected chi connectivity index (χ0v) is 28.2. The van der Waals surface area contributed by atoms with Gasteiger partial charge in [-0.1, -0.05) is 0 Å². The zero-order chi connectivity index (χ0) is 26.8. The van der Waals surface area contributed by atoms with Gasteiger partial charge in [-0.15, -0.1) is 0 Å². The van der Waals surface area contributed by atoms with Crippen molar-refractivity contribution in [2.24, 2.45) is 5.92 Å². The Kier molecular flexibility index (Phi) is 7.01. The molecule has 192 valence electrons. The van der Waals surface area contributed by atoms with Crippen LogP contribution in [0.2, 0.25) is 0 Å². The maximum atomic E-state index is 7.84. The van der Waals surface area contributed by atoms with E-state index < -0.39 is 27.4 Å². The SMILES string of the molecule is Cc1ccc2c(c1-c1ccccc1C(C)C)C=C(C(C)C)[CH]2[Zr]([Cl])([Cl])[c]1cccc2c1[SiH2]c1ccccc1-2. The Hall–Kier alpha value is -1.70. The van der Waals surface area contributed by atoms with Gasteiger partial charge in [-0.25, -0.2) is 0 Å². The van der Waals surface area contributed by atoms with E-state index in [9.17, 15) is 0 Å². The summed E-state index contributed by atoms with van der Waals surface area (Å²) < 4.78 is 1.41. The van der Waals surface area contributed by atoms with E-state index in [0.717, 1.165) is 0 Å². The van der Waals surface area contributed by atoms with Crippen LogP contribution in [0.1, 0.15) is 59.5 Å². The summed E-state index contributed by atoms with van der Waals surface area (Å²) in [5.74, 6) is 0.825. The Morgan fingerprint density at radius 2 is 1.42 bits per heavy atom. The fourth-order valence-electron chi connectivity index (χ4n) is 6.70. The molecule has 1 aliphatic carbocycles. The predicted molar refractivity (Wildman–Crippen MR) is 167 cm³/mol. The number of allylic oxidation sites excluding steroid dienone is 1. The number of benzene rings is 4. The third kappa shape index (κ3) is 4.19. The van der Waals surface area contributed by atoms with Crippen molar-refractivity contribution in [2.45, 2.75) is 44.2 Å². The van der Waals surface area contributed by atoms with Crippen molar-refractivity contribution in [2.75, 3.05) is 0 Å². The molecule has 4 heteroatoms. The van der Waals surface area contributed by atoms with E-state index in [4.69, 9.17) is 17.0 Å². The standard InChI is InChI=1S/C22H25.C12H9Si.2ClH.Zr/c1-14(2)18-12-17-11-10-16(5)22(21(17)13-18)20-9-7-6-8-19(20)15(3)4;1-3-7-11-9(5-1)10-6-2-4-8-12(10)13-11;;;/h6-15H,1-5H3;1-7H,13H2;2*1H;/q;;;;+2/p-2. The fourth-order valence-corrected chi connectivity index (χ4v) is 23.7. The normalized spacial score (nSPS) is 16.7. The molecule has 4 aromatic carbocycles. The molecule has 1 aliphatic heterocycles. The van der Waals surface area contributed by atoms with Gasteiger partial charge in [-0.2, -0.15) is 0 Å². The number of hydrogen-bond donors (Lipinski definition) is 0. The van der Waals surface area contributed by atoms with Crippen molar-refractivity contribution in [3.63, 3.8) is 0 Å². The summed E-state index contributed by atoms with van der Waals surface area (Å²) in [6.45, 7) is 11.4. The van der Waals surface area contributed by atoms with E-state index >= 15 is 0 Å². The van der Waals surface area contributed by atoms with Crippen LogP contribution in [0.3, 0.4) is 0 Å². The summed E-state index contributed by atoms with van der Waals surface area (Å²) >= 11 is -3.97.